The van der Waals surface area contributed by atoms with Gasteiger partial charge in [-0.2, -0.15) is 13.2 Å². The number of hydrogen-bond acceptors (Lipinski definition) is 3. The highest BCUT2D eigenvalue weighted by Gasteiger charge is 2.56. The van der Waals surface area contributed by atoms with E-state index in [4.69, 9.17) is 4.74 Å². The second kappa shape index (κ2) is 6.90. The van der Waals surface area contributed by atoms with Gasteiger partial charge in [0.2, 0.25) is 0 Å². The van der Waals surface area contributed by atoms with Gasteiger partial charge in [-0.05, 0) is 30.0 Å². The minimum absolute atomic E-state index is 0.104. The molecule has 0 saturated heterocycles. The molecular formula is C18H22F4N2O2. The number of alkyl halides is 3. The summed E-state index contributed by atoms with van der Waals surface area (Å²) >= 11 is 0. The molecule has 0 bridgehead atoms. The van der Waals surface area contributed by atoms with Crippen molar-refractivity contribution < 1.29 is 27.4 Å². The van der Waals surface area contributed by atoms with E-state index in [9.17, 15) is 22.7 Å². The molecule has 1 atom stereocenters. The molecule has 144 valence electrons. The zero-order valence-electron chi connectivity index (χ0n) is 15.1. The zero-order valence-corrected chi connectivity index (χ0v) is 15.1. The summed E-state index contributed by atoms with van der Waals surface area (Å²) in [4.78, 5) is 3.88. The number of methoxy groups -OCH3 is 1. The molecule has 2 rings (SSSR count). The van der Waals surface area contributed by atoms with Crippen molar-refractivity contribution >= 4 is 0 Å². The zero-order chi connectivity index (χ0) is 19.8. The molecule has 0 fully saturated rings. The molecule has 0 aliphatic carbocycles. The minimum atomic E-state index is -4.89. The molecule has 26 heavy (non-hydrogen) atoms. The van der Waals surface area contributed by atoms with Crippen molar-refractivity contribution in [2.75, 3.05) is 7.11 Å². The molecule has 1 N–H and O–H groups in total. The fraction of sp³-hybridized carbons (Fsp3) is 0.500. The topological polar surface area (TPSA) is 47.3 Å². The maximum Gasteiger partial charge on any atom is 0.417 e. The number of hydrogen-bond donors (Lipinski definition) is 1. The van der Waals surface area contributed by atoms with Gasteiger partial charge in [0.1, 0.15) is 17.4 Å². The number of ether oxygens (including phenoxy) is 1. The number of halogens is 4. The molecule has 4 nitrogen and oxygen atoms in total. The highest BCUT2D eigenvalue weighted by Crippen LogP contribution is 2.44. The van der Waals surface area contributed by atoms with E-state index in [-0.39, 0.29) is 17.1 Å². The third-order valence-corrected chi connectivity index (χ3v) is 4.52. The molecule has 1 heterocycles. The Balaban J connectivity index is 2.44. The number of aromatic nitrogens is 2. The molecule has 0 spiro atoms. The van der Waals surface area contributed by atoms with Gasteiger partial charge in [-0.15, -0.1) is 0 Å². The number of nitrogens with zero attached hydrogens (tertiary/aromatic N) is 2. The Morgan fingerprint density at radius 1 is 1.23 bits per heavy atom. The van der Waals surface area contributed by atoms with Crippen LogP contribution in [0.3, 0.4) is 0 Å². The lowest BCUT2D eigenvalue weighted by molar-refractivity contribution is -0.267. The lowest BCUT2D eigenvalue weighted by Crippen LogP contribution is -2.51. The fourth-order valence-corrected chi connectivity index (χ4v) is 3.13. The van der Waals surface area contributed by atoms with Gasteiger partial charge in [0.25, 0.3) is 0 Å². The first-order valence-electron chi connectivity index (χ1n) is 7.99. The molecule has 1 aromatic carbocycles. The maximum atomic E-state index is 13.7. The lowest BCUT2D eigenvalue weighted by atomic mass is 9.73. The molecule has 0 aliphatic rings. The van der Waals surface area contributed by atoms with Gasteiger partial charge < -0.3 is 14.4 Å². The van der Waals surface area contributed by atoms with Crippen molar-refractivity contribution in [2.24, 2.45) is 7.05 Å². The van der Waals surface area contributed by atoms with Crippen LogP contribution in [0.1, 0.15) is 31.7 Å². The second-order valence-corrected chi connectivity index (χ2v) is 7.07. The average molecular weight is 374 g/mol. The van der Waals surface area contributed by atoms with Crippen LogP contribution in [-0.2, 0) is 18.9 Å². The maximum absolute atomic E-state index is 13.7. The Labute approximate surface area is 149 Å². The average Bonchev–Trinajstić information content (AvgIpc) is 2.90. The fourth-order valence-electron chi connectivity index (χ4n) is 3.13. The van der Waals surface area contributed by atoms with Crippen molar-refractivity contribution in [3.05, 3.63) is 47.8 Å². The molecule has 0 amide bonds. The van der Waals surface area contributed by atoms with Gasteiger partial charge in [-0.25, -0.2) is 9.37 Å². The standard InChI is InChI=1S/C18H22F4N2O2/c1-16(2,13-9-12(19)5-6-14(13)26-4)11-17(25,18(20,21)22)10-15-23-7-8-24(15)3/h5-9,25H,10-11H2,1-4H3. The monoisotopic (exact) mass is 374 g/mol. The van der Waals surface area contributed by atoms with Crippen LogP contribution in [0.2, 0.25) is 0 Å². The van der Waals surface area contributed by atoms with E-state index in [1.807, 2.05) is 0 Å². The highest BCUT2D eigenvalue weighted by atomic mass is 19.4. The smallest absolute Gasteiger partial charge is 0.417 e. The number of imidazole rings is 1. The van der Waals surface area contributed by atoms with Crippen LogP contribution in [0.5, 0.6) is 5.75 Å². The Hall–Kier alpha value is -2.09. The van der Waals surface area contributed by atoms with E-state index in [1.165, 1.54) is 50.1 Å². The SMILES string of the molecule is COc1ccc(F)cc1C(C)(C)CC(O)(Cc1nccn1C)C(F)(F)F. The summed E-state index contributed by atoms with van der Waals surface area (Å²) < 4.78 is 61.5. The summed E-state index contributed by atoms with van der Waals surface area (Å²) in [6.45, 7) is 3.03. The summed E-state index contributed by atoms with van der Waals surface area (Å²) in [5.74, 6) is -0.224. The lowest BCUT2D eigenvalue weighted by Gasteiger charge is -2.38. The predicted molar refractivity (Wildman–Crippen MR) is 88.5 cm³/mol. The van der Waals surface area contributed by atoms with Crippen LogP contribution in [-0.4, -0.2) is 33.5 Å². The Bertz CT molecular complexity index is 771. The first-order chi connectivity index (χ1) is 11.9. The van der Waals surface area contributed by atoms with Gasteiger partial charge in [0.15, 0.2) is 5.60 Å². The summed E-state index contributed by atoms with van der Waals surface area (Å²) in [6.07, 6.45) is -3.41. The van der Waals surface area contributed by atoms with Crippen LogP contribution >= 0.6 is 0 Å². The van der Waals surface area contributed by atoms with Crippen molar-refractivity contribution in [1.29, 1.82) is 0 Å². The van der Waals surface area contributed by atoms with E-state index in [1.54, 1.807) is 7.05 Å². The number of aliphatic hydroxyl groups is 1. The summed E-state index contributed by atoms with van der Waals surface area (Å²) in [6, 6.07) is 3.66. The quantitative estimate of drug-likeness (QED) is 0.783. The summed E-state index contributed by atoms with van der Waals surface area (Å²) in [5, 5.41) is 10.6. The molecule has 0 saturated carbocycles. The Morgan fingerprint density at radius 3 is 2.38 bits per heavy atom. The second-order valence-electron chi connectivity index (χ2n) is 7.07. The molecular weight excluding hydrogens is 352 g/mol. The molecule has 1 aromatic heterocycles. The largest absolute Gasteiger partial charge is 0.496 e. The van der Waals surface area contributed by atoms with Crippen LogP contribution in [0, 0.1) is 5.82 Å². The Kier molecular flexibility index (Phi) is 5.37. The number of benzene rings is 1. The van der Waals surface area contributed by atoms with Crippen molar-refractivity contribution in [3.63, 3.8) is 0 Å². The van der Waals surface area contributed by atoms with E-state index in [0.29, 0.717) is 0 Å². The van der Waals surface area contributed by atoms with Crippen LogP contribution in [0.15, 0.2) is 30.6 Å². The molecule has 2 aromatic rings. The molecule has 1 unspecified atom stereocenters. The number of rotatable bonds is 6. The van der Waals surface area contributed by atoms with E-state index >= 15 is 0 Å². The third-order valence-electron chi connectivity index (χ3n) is 4.52. The molecule has 0 aliphatic heterocycles. The van der Waals surface area contributed by atoms with Gasteiger partial charge in [-0.1, -0.05) is 13.8 Å². The third kappa shape index (κ3) is 4.00. The highest BCUT2D eigenvalue weighted by molar-refractivity contribution is 5.39. The first-order valence-corrected chi connectivity index (χ1v) is 7.99. The van der Waals surface area contributed by atoms with Crippen LogP contribution in [0.4, 0.5) is 17.6 Å². The minimum Gasteiger partial charge on any atom is -0.496 e. The van der Waals surface area contributed by atoms with E-state index < -0.39 is 35.9 Å². The van der Waals surface area contributed by atoms with Crippen molar-refractivity contribution in [1.82, 2.24) is 9.55 Å². The molecule has 0 radical (unpaired) electrons. The van der Waals surface area contributed by atoms with Crippen molar-refractivity contribution in [2.45, 2.75) is 43.9 Å². The van der Waals surface area contributed by atoms with E-state index in [0.717, 1.165) is 6.07 Å². The van der Waals surface area contributed by atoms with Crippen LogP contribution < -0.4 is 4.74 Å². The van der Waals surface area contributed by atoms with Crippen LogP contribution in [0.25, 0.3) is 0 Å². The van der Waals surface area contributed by atoms with Gasteiger partial charge >= 0.3 is 6.18 Å². The van der Waals surface area contributed by atoms with Gasteiger partial charge in [0.05, 0.1) is 7.11 Å². The van der Waals surface area contributed by atoms with Crippen molar-refractivity contribution in [3.8, 4) is 5.75 Å². The first kappa shape index (κ1) is 20.2. The van der Waals surface area contributed by atoms with Gasteiger partial charge in [0, 0.05) is 31.4 Å². The molecule has 8 heteroatoms. The summed E-state index contributed by atoms with van der Waals surface area (Å²) in [5.41, 5.74) is -4.00. The summed E-state index contributed by atoms with van der Waals surface area (Å²) in [7, 11) is 2.91. The Morgan fingerprint density at radius 2 is 1.88 bits per heavy atom. The predicted octanol–water partition coefficient (Wildman–Crippen LogP) is 3.77. The van der Waals surface area contributed by atoms with Gasteiger partial charge in [-0.3, -0.25) is 0 Å². The normalized spacial score (nSPS) is 15.0. The number of aryl methyl sites for hydroxylation is 1. The van der Waals surface area contributed by atoms with E-state index in [2.05, 4.69) is 4.98 Å².